The molecule has 1 aliphatic rings. The van der Waals surface area contributed by atoms with Crippen molar-refractivity contribution in [2.75, 3.05) is 6.61 Å². The molecule has 1 aliphatic carbocycles. The highest BCUT2D eigenvalue weighted by atomic mass is 35.8. The number of halogens is 3. The Bertz CT molecular complexity index is 436. The third-order valence-electron chi connectivity index (χ3n) is 4.49. The van der Waals surface area contributed by atoms with Gasteiger partial charge in [0.15, 0.2) is 0 Å². The SMILES string of the molecule is CCc1ccc(C2CCC(OCCC[Si](Cl)(Cl)Cl)CC2)cc1. The first kappa shape index (κ1) is 18.6. The minimum Gasteiger partial charge on any atom is -0.378 e. The minimum atomic E-state index is -2.47. The monoisotopic (exact) mass is 378 g/mol. The van der Waals surface area contributed by atoms with Gasteiger partial charge in [0.2, 0.25) is 0 Å². The molecule has 0 amide bonds. The van der Waals surface area contributed by atoms with Gasteiger partial charge in [0.05, 0.1) is 6.10 Å². The largest absolute Gasteiger partial charge is 0.378 e. The first-order chi connectivity index (χ1) is 10.5. The Kier molecular flexibility index (Phi) is 7.56. The average molecular weight is 380 g/mol. The van der Waals surface area contributed by atoms with Crippen LogP contribution in [0.4, 0.5) is 0 Å². The van der Waals surface area contributed by atoms with E-state index in [9.17, 15) is 0 Å². The van der Waals surface area contributed by atoms with E-state index in [4.69, 9.17) is 38.0 Å². The molecule has 22 heavy (non-hydrogen) atoms. The summed E-state index contributed by atoms with van der Waals surface area (Å²) in [6, 6.07) is 7.35. The summed E-state index contributed by atoms with van der Waals surface area (Å²) in [7, 11) is 0. The molecule has 1 fully saturated rings. The van der Waals surface area contributed by atoms with Gasteiger partial charge in [-0.3, -0.25) is 0 Å². The number of hydrogen-bond donors (Lipinski definition) is 0. The van der Waals surface area contributed by atoms with Gasteiger partial charge in [-0.2, -0.15) is 0 Å². The fourth-order valence-corrected chi connectivity index (χ4v) is 4.86. The zero-order chi connectivity index (χ0) is 16.0. The predicted octanol–water partition coefficient (Wildman–Crippen LogP) is 6.34. The molecule has 0 radical (unpaired) electrons. The lowest BCUT2D eigenvalue weighted by Gasteiger charge is -2.29. The molecule has 1 nitrogen and oxygen atoms in total. The summed E-state index contributed by atoms with van der Waals surface area (Å²) >= 11 is 17.6. The van der Waals surface area contributed by atoms with E-state index in [0.717, 1.165) is 32.3 Å². The van der Waals surface area contributed by atoms with E-state index in [1.165, 1.54) is 24.0 Å². The van der Waals surface area contributed by atoms with Crippen LogP contribution in [0.2, 0.25) is 6.04 Å². The van der Waals surface area contributed by atoms with Crippen LogP contribution in [0.5, 0.6) is 0 Å². The lowest BCUT2D eigenvalue weighted by molar-refractivity contribution is 0.0251. The van der Waals surface area contributed by atoms with Gasteiger partial charge in [0, 0.05) is 6.61 Å². The molecule has 2 rings (SSSR count). The second-order valence-electron chi connectivity index (χ2n) is 6.16. The Morgan fingerprint density at radius 1 is 1.05 bits per heavy atom. The van der Waals surface area contributed by atoms with Crippen LogP contribution >= 0.6 is 33.2 Å². The first-order valence-corrected chi connectivity index (χ1v) is 13.5. The zero-order valence-electron chi connectivity index (χ0n) is 13.2. The average Bonchev–Trinajstić information content (AvgIpc) is 2.51. The highest BCUT2D eigenvalue weighted by molar-refractivity contribution is 7.64. The number of hydrogen-bond acceptors (Lipinski definition) is 1. The van der Waals surface area contributed by atoms with Crippen molar-refractivity contribution in [3.05, 3.63) is 35.4 Å². The molecule has 0 unspecified atom stereocenters. The van der Waals surface area contributed by atoms with Crippen LogP contribution in [0.15, 0.2) is 24.3 Å². The van der Waals surface area contributed by atoms with E-state index in [1.54, 1.807) is 0 Å². The second kappa shape index (κ2) is 8.94. The molecule has 1 aromatic rings. The van der Waals surface area contributed by atoms with Crippen molar-refractivity contribution in [1.29, 1.82) is 0 Å². The Hall–Kier alpha value is 0.267. The fourth-order valence-electron chi connectivity index (χ4n) is 3.11. The summed E-state index contributed by atoms with van der Waals surface area (Å²) in [5.41, 5.74) is 2.90. The van der Waals surface area contributed by atoms with Gasteiger partial charge in [0.1, 0.15) is 0 Å². The van der Waals surface area contributed by atoms with Gasteiger partial charge >= 0.3 is 6.00 Å². The van der Waals surface area contributed by atoms with Crippen molar-refractivity contribution in [3.63, 3.8) is 0 Å². The molecule has 1 saturated carbocycles. The highest BCUT2D eigenvalue weighted by Crippen LogP contribution is 2.34. The summed E-state index contributed by atoms with van der Waals surface area (Å²) < 4.78 is 5.95. The Labute approximate surface area is 149 Å². The van der Waals surface area contributed by atoms with Gasteiger partial charge in [0.25, 0.3) is 0 Å². The molecular formula is C17H25Cl3OSi. The molecule has 1 aromatic carbocycles. The van der Waals surface area contributed by atoms with Crippen LogP contribution in [-0.4, -0.2) is 18.7 Å². The molecule has 0 heterocycles. The van der Waals surface area contributed by atoms with Crippen LogP contribution in [0.1, 0.15) is 56.1 Å². The number of aryl methyl sites for hydroxylation is 1. The van der Waals surface area contributed by atoms with E-state index >= 15 is 0 Å². The van der Waals surface area contributed by atoms with Crippen molar-refractivity contribution < 1.29 is 4.74 Å². The van der Waals surface area contributed by atoms with E-state index in [-0.39, 0.29) is 0 Å². The van der Waals surface area contributed by atoms with Crippen LogP contribution in [0, 0.1) is 0 Å². The van der Waals surface area contributed by atoms with Gasteiger partial charge < -0.3 is 4.74 Å². The molecule has 0 bridgehead atoms. The maximum Gasteiger partial charge on any atom is 0.341 e. The van der Waals surface area contributed by atoms with Gasteiger partial charge in [-0.15, -0.1) is 33.2 Å². The maximum absolute atomic E-state index is 5.95. The summed E-state index contributed by atoms with van der Waals surface area (Å²) in [6.07, 6.45) is 7.09. The third-order valence-corrected chi connectivity index (χ3v) is 7.11. The van der Waals surface area contributed by atoms with E-state index in [0.29, 0.717) is 18.1 Å². The number of benzene rings is 1. The molecule has 5 heteroatoms. The normalized spacial score (nSPS) is 22.7. The number of rotatable bonds is 7. The standard InChI is InChI=1S/C17H25Cl3OSi/c1-2-14-4-6-15(7-5-14)16-8-10-17(11-9-16)21-12-3-13-22(18,19)20/h4-7,16-17H,2-3,8-13H2,1H3. The molecule has 124 valence electrons. The topological polar surface area (TPSA) is 9.23 Å². The lowest BCUT2D eigenvalue weighted by Crippen LogP contribution is -2.22. The van der Waals surface area contributed by atoms with Crippen LogP contribution < -0.4 is 0 Å². The summed E-state index contributed by atoms with van der Waals surface area (Å²) in [5, 5.41) is 0. The molecule has 0 aliphatic heterocycles. The van der Waals surface area contributed by atoms with Crippen molar-refractivity contribution in [1.82, 2.24) is 0 Å². The fraction of sp³-hybridized carbons (Fsp3) is 0.647. The molecular weight excluding hydrogens is 355 g/mol. The quantitative estimate of drug-likeness (QED) is 0.305. The Morgan fingerprint density at radius 2 is 1.68 bits per heavy atom. The molecule has 0 spiro atoms. The zero-order valence-corrected chi connectivity index (χ0v) is 16.4. The van der Waals surface area contributed by atoms with Gasteiger partial charge in [-0.1, -0.05) is 31.2 Å². The van der Waals surface area contributed by atoms with Gasteiger partial charge in [-0.05, 0) is 61.6 Å². The molecule has 0 aromatic heterocycles. The summed E-state index contributed by atoms with van der Waals surface area (Å²) in [5.74, 6) is 0.694. The molecule has 0 saturated heterocycles. The van der Waals surface area contributed by atoms with Crippen LogP contribution in [0.25, 0.3) is 0 Å². The number of ether oxygens (including phenoxy) is 1. The minimum absolute atomic E-state index is 0.392. The maximum atomic E-state index is 5.95. The summed E-state index contributed by atoms with van der Waals surface area (Å²) in [4.78, 5) is 0. The van der Waals surface area contributed by atoms with E-state index < -0.39 is 6.00 Å². The smallest absolute Gasteiger partial charge is 0.341 e. The highest BCUT2D eigenvalue weighted by Gasteiger charge is 2.25. The van der Waals surface area contributed by atoms with Crippen molar-refractivity contribution in [2.45, 2.75) is 63.5 Å². The van der Waals surface area contributed by atoms with Crippen LogP contribution in [-0.2, 0) is 11.2 Å². The van der Waals surface area contributed by atoms with Crippen molar-refractivity contribution >= 4 is 39.2 Å². The van der Waals surface area contributed by atoms with E-state index in [2.05, 4.69) is 31.2 Å². The molecule has 0 atom stereocenters. The molecule has 0 N–H and O–H groups in total. The third kappa shape index (κ3) is 6.41. The lowest BCUT2D eigenvalue weighted by atomic mass is 9.82. The Balaban J connectivity index is 1.69. The predicted molar refractivity (Wildman–Crippen MR) is 99.5 cm³/mol. The van der Waals surface area contributed by atoms with Gasteiger partial charge in [-0.25, -0.2) is 0 Å². The van der Waals surface area contributed by atoms with Crippen LogP contribution in [0.3, 0.4) is 0 Å². The van der Waals surface area contributed by atoms with Crippen molar-refractivity contribution in [2.24, 2.45) is 0 Å². The van der Waals surface area contributed by atoms with Crippen molar-refractivity contribution in [3.8, 4) is 0 Å². The second-order valence-corrected chi connectivity index (χ2v) is 15.4. The van der Waals surface area contributed by atoms with E-state index in [1.807, 2.05) is 0 Å². The summed E-state index contributed by atoms with van der Waals surface area (Å²) in [6.45, 7) is 2.92. The Morgan fingerprint density at radius 3 is 2.23 bits per heavy atom. The first-order valence-electron chi connectivity index (χ1n) is 8.25.